The van der Waals surface area contributed by atoms with E-state index in [1.807, 2.05) is 0 Å². The number of anilines is 2. The molecule has 1 aliphatic rings. The van der Waals surface area contributed by atoms with Crippen LogP contribution in [0, 0.1) is 0 Å². The summed E-state index contributed by atoms with van der Waals surface area (Å²) >= 11 is 0. The van der Waals surface area contributed by atoms with E-state index < -0.39 is 12.1 Å². The summed E-state index contributed by atoms with van der Waals surface area (Å²) in [5.74, 6) is -1.34. The van der Waals surface area contributed by atoms with E-state index in [2.05, 4.69) is 10.3 Å². The van der Waals surface area contributed by atoms with Gasteiger partial charge in [0.25, 0.3) is 0 Å². The summed E-state index contributed by atoms with van der Waals surface area (Å²) in [5.41, 5.74) is 0.875. The van der Waals surface area contributed by atoms with Crippen molar-refractivity contribution in [2.24, 2.45) is 0 Å². The van der Waals surface area contributed by atoms with E-state index >= 15 is 0 Å². The number of hydrogen-bond donors (Lipinski definition) is 1. The van der Waals surface area contributed by atoms with Crippen molar-refractivity contribution in [1.29, 1.82) is 0 Å². The topological polar surface area (TPSA) is 24.9 Å². The Balaban J connectivity index is 2.24. The highest BCUT2D eigenvalue weighted by Crippen LogP contribution is 2.48. The Labute approximate surface area is 101 Å². The van der Waals surface area contributed by atoms with Crippen LogP contribution in [0.3, 0.4) is 0 Å². The Morgan fingerprint density at radius 3 is 2.50 bits per heavy atom. The fourth-order valence-corrected chi connectivity index (χ4v) is 2.27. The van der Waals surface area contributed by atoms with Gasteiger partial charge in [0.1, 0.15) is 11.7 Å². The van der Waals surface area contributed by atoms with Crippen LogP contribution >= 0.6 is 0 Å². The van der Waals surface area contributed by atoms with Crippen LogP contribution in [0.4, 0.5) is 24.7 Å². The van der Waals surface area contributed by atoms with Gasteiger partial charge in [0.2, 0.25) is 0 Å². The molecule has 0 amide bonds. The van der Waals surface area contributed by atoms with Crippen molar-refractivity contribution >= 4 is 11.5 Å². The van der Waals surface area contributed by atoms with Crippen LogP contribution in [0.15, 0.2) is 42.6 Å². The monoisotopic (exact) mass is 250 g/mol. The highest BCUT2D eigenvalue weighted by molar-refractivity contribution is 5.71. The van der Waals surface area contributed by atoms with Crippen LogP contribution < -0.4 is 5.32 Å². The van der Waals surface area contributed by atoms with Crippen molar-refractivity contribution in [2.75, 3.05) is 5.32 Å². The number of halogens is 3. The van der Waals surface area contributed by atoms with Gasteiger partial charge in [0.05, 0.1) is 0 Å². The van der Waals surface area contributed by atoms with E-state index in [0.29, 0.717) is 5.69 Å². The molecule has 2 heterocycles. The molecule has 1 unspecified atom stereocenters. The largest absolute Gasteiger partial charge is 0.399 e. The molecule has 18 heavy (non-hydrogen) atoms. The number of benzene rings is 1. The number of fused-ring (bicyclic) bond motifs is 2. The Morgan fingerprint density at radius 1 is 1.00 bits per heavy atom. The van der Waals surface area contributed by atoms with Gasteiger partial charge in [-0.25, -0.2) is 4.98 Å². The van der Waals surface area contributed by atoms with Crippen LogP contribution in [-0.2, 0) is 0 Å². The minimum absolute atomic E-state index is 0.170. The van der Waals surface area contributed by atoms with E-state index in [1.54, 1.807) is 18.2 Å². The van der Waals surface area contributed by atoms with E-state index in [9.17, 15) is 13.2 Å². The molecule has 0 saturated carbocycles. The summed E-state index contributed by atoms with van der Waals surface area (Å²) < 4.78 is 39.7. The second kappa shape index (κ2) is 3.73. The van der Waals surface area contributed by atoms with E-state index in [0.717, 1.165) is 0 Å². The predicted octanol–water partition coefficient (Wildman–Crippen LogP) is 3.83. The molecule has 0 bridgehead atoms. The average molecular weight is 250 g/mol. The predicted molar refractivity (Wildman–Crippen MR) is 61.9 cm³/mol. The number of pyridine rings is 1. The lowest BCUT2D eigenvalue weighted by Gasteiger charge is -2.29. The van der Waals surface area contributed by atoms with E-state index in [1.165, 1.54) is 24.4 Å². The Morgan fingerprint density at radius 2 is 1.72 bits per heavy atom. The fraction of sp³-hybridized carbons (Fsp3) is 0.154. The minimum Gasteiger partial charge on any atom is -0.340 e. The molecule has 0 radical (unpaired) electrons. The second-order valence-electron chi connectivity index (χ2n) is 4.13. The van der Waals surface area contributed by atoms with Crippen molar-refractivity contribution in [1.82, 2.24) is 4.98 Å². The highest BCUT2D eigenvalue weighted by Gasteiger charge is 2.45. The second-order valence-corrected chi connectivity index (χ2v) is 4.13. The molecule has 1 aromatic carbocycles. The molecule has 3 rings (SSSR count). The lowest BCUT2D eigenvalue weighted by Crippen LogP contribution is -2.26. The molecule has 92 valence electrons. The van der Waals surface area contributed by atoms with Gasteiger partial charge in [-0.2, -0.15) is 13.2 Å². The van der Waals surface area contributed by atoms with Crippen LogP contribution in [0.2, 0.25) is 0 Å². The molecule has 0 saturated heterocycles. The first kappa shape index (κ1) is 11.1. The first-order valence-corrected chi connectivity index (χ1v) is 5.45. The van der Waals surface area contributed by atoms with Gasteiger partial charge in [0, 0.05) is 17.4 Å². The quantitative estimate of drug-likeness (QED) is 0.768. The first-order valence-electron chi connectivity index (χ1n) is 5.45. The van der Waals surface area contributed by atoms with Gasteiger partial charge in [0.15, 0.2) is 0 Å². The van der Waals surface area contributed by atoms with Crippen LogP contribution in [0.1, 0.15) is 17.0 Å². The molecular formula is C13H9F3N2. The van der Waals surface area contributed by atoms with E-state index in [-0.39, 0.29) is 16.9 Å². The number of para-hydroxylation sites is 1. The van der Waals surface area contributed by atoms with Gasteiger partial charge in [-0.05, 0) is 17.7 Å². The zero-order chi connectivity index (χ0) is 12.8. The number of alkyl halides is 3. The van der Waals surface area contributed by atoms with Crippen molar-refractivity contribution in [3.05, 3.63) is 53.7 Å². The molecule has 2 aromatic rings. The van der Waals surface area contributed by atoms with Crippen molar-refractivity contribution in [2.45, 2.75) is 12.1 Å². The lowest BCUT2D eigenvalue weighted by atomic mass is 9.87. The number of hydrogen-bond acceptors (Lipinski definition) is 2. The third-order valence-corrected chi connectivity index (χ3v) is 3.00. The molecule has 5 heteroatoms. The van der Waals surface area contributed by atoms with Crippen LogP contribution in [0.5, 0.6) is 0 Å². The molecule has 0 fully saturated rings. The van der Waals surface area contributed by atoms with Gasteiger partial charge in [-0.1, -0.05) is 24.3 Å². The number of aromatic nitrogens is 1. The smallest absolute Gasteiger partial charge is 0.340 e. The van der Waals surface area contributed by atoms with Crippen LogP contribution in [-0.4, -0.2) is 11.2 Å². The summed E-state index contributed by atoms with van der Waals surface area (Å²) in [5, 5.41) is 2.93. The number of nitrogens with one attached hydrogen (secondary N) is 1. The maximum Gasteiger partial charge on any atom is 0.399 e. The summed E-state index contributed by atoms with van der Waals surface area (Å²) in [6.45, 7) is 0. The minimum atomic E-state index is -4.32. The summed E-state index contributed by atoms with van der Waals surface area (Å²) in [4.78, 5) is 3.97. The molecule has 1 aromatic heterocycles. The van der Waals surface area contributed by atoms with Crippen molar-refractivity contribution in [3.63, 3.8) is 0 Å². The summed E-state index contributed by atoms with van der Waals surface area (Å²) in [7, 11) is 0. The molecular weight excluding hydrogens is 241 g/mol. The zero-order valence-electron chi connectivity index (χ0n) is 9.20. The molecule has 0 spiro atoms. The number of rotatable bonds is 0. The third-order valence-electron chi connectivity index (χ3n) is 3.00. The standard InChI is InChI=1S/C13H9F3N2/c14-13(15,16)11-8-4-1-2-6-10(8)18-12-9(11)5-3-7-17-12/h1-7,11H,(H,17,18). The van der Waals surface area contributed by atoms with Crippen LogP contribution in [0.25, 0.3) is 0 Å². The lowest BCUT2D eigenvalue weighted by molar-refractivity contribution is -0.141. The molecule has 0 aliphatic carbocycles. The Hall–Kier alpha value is -2.04. The molecule has 1 atom stereocenters. The maximum atomic E-state index is 13.2. The van der Waals surface area contributed by atoms with Gasteiger partial charge < -0.3 is 5.32 Å². The third kappa shape index (κ3) is 1.63. The van der Waals surface area contributed by atoms with E-state index in [4.69, 9.17) is 0 Å². The molecule has 1 N–H and O–H groups in total. The fourth-order valence-electron chi connectivity index (χ4n) is 2.27. The molecule has 2 nitrogen and oxygen atoms in total. The maximum absolute atomic E-state index is 13.2. The highest BCUT2D eigenvalue weighted by atomic mass is 19.4. The number of nitrogens with zero attached hydrogens (tertiary/aromatic N) is 1. The Kier molecular flexibility index (Phi) is 2.29. The normalized spacial score (nSPS) is 17.6. The Bertz CT molecular complexity index is 547. The van der Waals surface area contributed by atoms with Gasteiger partial charge in [-0.15, -0.1) is 0 Å². The van der Waals surface area contributed by atoms with Gasteiger partial charge in [-0.3, -0.25) is 0 Å². The van der Waals surface area contributed by atoms with Gasteiger partial charge >= 0.3 is 6.18 Å². The van der Waals surface area contributed by atoms with Crippen molar-refractivity contribution in [3.8, 4) is 0 Å². The van der Waals surface area contributed by atoms with Crippen molar-refractivity contribution < 1.29 is 13.2 Å². The summed E-state index contributed by atoms with van der Waals surface area (Å²) in [6, 6.07) is 9.42. The average Bonchev–Trinajstić information content (AvgIpc) is 2.34. The zero-order valence-corrected chi connectivity index (χ0v) is 9.20. The summed E-state index contributed by atoms with van der Waals surface area (Å²) in [6.07, 6.45) is -2.84. The SMILES string of the molecule is FC(F)(F)C1c2ccccc2Nc2ncccc21. The molecule has 1 aliphatic heterocycles. The first-order chi connectivity index (χ1) is 8.57.